The summed E-state index contributed by atoms with van der Waals surface area (Å²) in [6.07, 6.45) is 10.6. The van der Waals surface area contributed by atoms with Gasteiger partial charge in [0, 0.05) is 5.88 Å². The lowest BCUT2D eigenvalue weighted by Gasteiger charge is -2.04. The molecule has 1 unspecified atom stereocenters. The molecule has 0 N–H and O–H groups in total. The van der Waals surface area contributed by atoms with Crippen LogP contribution in [0.5, 0.6) is 0 Å². The molecule has 1 heterocycles. The third kappa shape index (κ3) is 5.87. The molecule has 1 nitrogen and oxygen atoms in total. The molecule has 0 aromatic rings. The van der Waals surface area contributed by atoms with Crippen molar-refractivity contribution in [2.24, 2.45) is 0 Å². The Balaban J connectivity index is 1.72. The third-order valence-corrected chi connectivity index (χ3v) is 3.24. The van der Waals surface area contributed by atoms with Crippen molar-refractivity contribution in [3.8, 4) is 0 Å². The van der Waals surface area contributed by atoms with Crippen LogP contribution in [0.4, 0.5) is 0 Å². The van der Waals surface area contributed by atoms with Crippen molar-refractivity contribution in [3.63, 3.8) is 0 Å². The first-order chi connectivity index (χ1) is 6.77. The van der Waals surface area contributed by atoms with Gasteiger partial charge in [0.15, 0.2) is 0 Å². The first-order valence-corrected chi connectivity index (χ1v) is 6.50. The second-order valence-corrected chi connectivity index (χ2v) is 5.03. The highest BCUT2D eigenvalue weighted by molar-refractivity contribution is 6.17. The molecule has 1 atom stereocenters. The predicted molar refractivity (Wildman–Crippen MR) is 62.0 cm³/mol. The van der Waals surface area contributed by atoms with Crippen LogP contribution in [-0.4, -0.2) is 18.1 Å². The Morgan fingerprint density at radius 3 is 2.00 bits per heavy atom. The molecule has 1 aliphatic heterocycles. The molecule has 1 aliphatic rings. The summed E-state index contributed by atoms with van der Waals surface area (Å²) < 4.78 is 5.34. The normalized spacial score (nSPS) is 25.3. The number of hydrogen-bond donors (Lipinski definition) is 0. The van der Waals surface area contributed by atoms with Crippen molar-refractivity contribution in [1.29, 1.82) is 0 Å². The van der Waals surface area contributed by atoms with Crippen molar-refractivity contribution in [1.82, 2.24) is 0 Å². The molecule has 2 heteroatoms. The van der Waals surface area contributed by atoms with Crippen LogP contribution in [0.25, 0.3) is 0 Å². The summed E-state index contributed by atoms with van der Waals surface area (Å²) in [6.45, 7) is 3.20. The summed E-state index contributed by atoms with van der Waals surface area (Å²) in [6, 6.07) is 0. The lowest BCUT2D eigenvalue weighted by atomic mass is 10.0. The first kappa shape index (κ1) is 12.3. The molecule has 1 saturated heterocycles. The molecule has 0 aromatic heterocycles. The van der Waals surface area contributed by atoms with Gasteiger partial charge in [0.25, 0.3) is 0 Å². The van der Waals surface area contributed by atoms with Crippen molar-refractivity contribution in [2.45, 2.75) is 63.9 Å². The highest BCUT2D eigenvalue weighted by Crippen LogP contribution is 2.31. The van der Waals surface area contributed by atoms with E-state index in [1.54, 1.807) is 0 Å². The second kappa shape index (κ2) is 6.68. The van der Waals surface area contributed by atoms with Gasteiger partial charge < -0.3 is 4.74 Å². The molecule has 14 heavy (non-hydrogen) atoms. The molecule has 0 saturated carbocycles. The quantitative estimate of drug-likeness (QED) is 0.322. The maximum Gasteiger partial charge on any atom is 0.0888 e. The highest BCUT2D eigenvalue weighted by Gasteiger charge is 2.37. The molecule has 0 aliphatic carbocycles. The zero-order chi connectivity index (χ0) is 10.3. The molecular weight excluding hydrogens is 196 g/mol. The second-order valence-electron chi connectivity index (χ2n) is 4.65. The molecule has 84 valence electrons. The SMILES string of the molecule is CC1(CCCCCCCCCCl)CO1. The molecule has 0 spiro atoms. The van der Waals surface area contributed by atoms with E-state index in [2.05, 4.69) is 6.92 Å². The molecule has 0 bridgehead atoms. The number of epoxide rings is 1. The number of unbranched alkanes of at least 4 members (excludes halogenated alkanes) is 6. The van der Waals surface area contributed by atoms with Gasteiger partial charge in [-0.05, 0) is 19.8 Å². The average molecular weight is 219 g/mol. The van der Waals surface area contributed by atoms with E-state index in [9.17, 15) is 0 Å². The average Bonchev–Trinajstić information content (AvgIpc) is 2.89. The Hall–Kier alpha value is 0.250. The van der Waals surface area contributed by atoms with Crippen LogP contribution < -0.4 is 0 Å². The lowest BCUT2D eigenvalue weighted by Crippen LogP contribution is -2.02. The van der Waals surface area contributed by atoms with Gasteiger partial charge in [0.2, 0.25) is 0 Å². The zero-order valence-electron chi connectivity index (χ0n) is 9.36. The van der Waals surface area contributed by atoms with E-state index in [0.717, 1.165) is 12.5 Å². The monoisotopic (exact) mass is 218 g/mol. The largest absolute Gasteiger partial charge is 0.370 e. The van der Waals surface area contributed by atoms with E-state index in [1.807, 2.05) is 0 Å². The maximum atomic E-state index is 5.61. The number of rotatable bonds is 9. The van der Waals surface area contributed by atoms with Gasteiger partial charge in [0.05, 0.1) is 12.2 Å². The van der Waals surface area contributed by atoms with Gasteiger partial charge in [-0.1, -0.05) is 38.5 Å². The van der Waals surface area contributed by atoms with E-state index < -0.39 is 0 Å². The van der Waals surface area contributed by atoms with Gasteiger partial charge >= 0.3 is 0 Å². The highest BCUT2D eigenvalue weighted by atomic mass is 35.5. The minimum Gasteiger partial charge on any atom is -0.370 e. The third-order valence-electron chi connectivity index (χ3n) is 2.98. The Morgan fingerprint density at radius 1 is 1.00 bits per heavy atom. The Morgan fingerprint density at radius 2 is 1.50 bits per heavy atom. The smallest absolute Gasteiger partial charge is 0.0888 e. The summed E-state index contributed by atoms with van der Waals surface area (Å²) >= 11 is 5.61. The molecule has 0 radical (unpaired) electrons. The van der Waals surface area contributed by atoms with E-state index in [-0.39, 0.29) is 5.60 Å². The van der Waals surface area contributed by atoms with Crippen molar-refractivity contribution >= 4 is 11.6 Å². The molecule has 0 aromatic carbocycles. The summed E-state index contributed by atoms with van der Waals surface area (Å²) in [4.78, 5) is 0. The minimum atomic E-state index is 0.276. The van der Waals surface area contributed by atoms with E-state index in [1.165, 1.54) is 51.4 Å². The van der Waals surface area contributed by atoms with Gasteiger partial charge in [0.1, 0.15) is 0 Å². The number of ether oxygens (including phenoxy) is 1. The fourth-order valence-corrected chi connectivity index (χ4v) is 1.93. The fourth-order valence-electron chi connectivity index (χ4n) is 1.74. The first-order valence-electron chi connectivity index (χ1n) is 5.97. The van der Waals surface area contributed by atoms with Crippen LogP contribution in [0.15, 0.2) is 0 Å². The van der Waals surface area contributed by atoms with Gasteiger partial charge in [-0.3, -0.25) is 0 Å². The summed E-state index contributed by atoms with van der Waals surface area (Å²) in [5, 5.41) is 0. The van der Waals surface area contributed by atoms with E-state index in [0.29, 0.717) is 0 Å². The van der Waals surface area contributed by atoms with Gasteiger partial charge in [-0.25, -0.2) is 0 Å². The standard InChI is InChI=1S/C12H23ClO/c1-12(11-14-12)9-7-5-3-2-4-6-8-10-13/h2-11H2,1H3. The topological polar surface area (TPSA) is 12.5 Å². The van der Waals surface area contributed by atoms with Gasteiger partial charge in [-0.2, -0.15) is 0 Å². The van der Waals surface area contributed by atoms with Crippen molar-refractivity contribution in [3.05, 3.63) is 0 Å². The molecule has 0 amide bonds. The minimum absolute atomic E-state index is 0.276. The Labute approximate surface area is 93.2 Å². The number of halogens is 1. The predicted octanol–water partition coefficient (Wildman–Crippen LogP) is 4.13. The fraction of sp³-hybridized carbons (Fsp3) is 1.00. The van der Waals surface area contributed by atoms with Crippen LogP contribution in [0, 0.1) is 0 Å². The van der Waals surface area contributed by atoms with E-state index in [4.69, 9.17) is 16.3 Å². The molecular formula is C12H23ClO. The summed E-state index contributed by atoms with van der Waals surface area (Å²) in [5.74, 6) is 0.829. The summed E-state index contributed by atoms with van der Waals surface area (Å²) in [7, 11) is 0. The van der Waals surface area contributed by atoms with Gasteiger partial charge in [-0.15, -0.1) is 11.6 Å². The van der Waals surface area contributed by atoms with Crippen LogP contribution in [-0.2, 0) is 4.74 Å². The zero-order valence-corrected chi connectivity index (χ0v) is 10.1. The van der Waals surface area contributed by atoms with Crippen LogP contribution in [0.3, 0.4) is 0 Å². The van der Waals surface area contributed by atoms with E-state index >= 15 is 0 Å². The van der Waals surface area contributed by atoms with Crippen molar-refractivity contribution in [2.75, 3.05) is 12.5 Å². The lowest BCUT2D eigenvalue weighted by molar-refractivity contribution is 0.301. The number of alkyl halides is 1. The summed E-state index contributed by atoms with van der Waals surface area (Å²) in [5.41, 5.74) is 0.276. The Kier molecular flexibility index (Phi) is 5.88. The number of hydrogen-bond acceptors (Lipinski definition) is 1. The molecule has 1 rings (SSSR count). The van der Waals surface area contributed by atoms with Crippen LogP contribution in [0.1, 0.15) is 58.3 Å². The van der Waals surface area contributed by atoms with Crippen LogP contribution >= 0.6 is 11.6 Å². The van der Waals surface area contributed by atoms with Crippen molar-refractivity contribution < 1.29 is 4.74 Å². The Bertz CT molecular complexity index is 143. The maximum absolute atomic E-state index is 5.61. The van der Waals surface area contributed by atoms with Crippen LogP contribution in [0.2, 0.25) is 0 Å². The molecule has 1 fully saturated rings.